The molecule has 3 heterocycles. The van der Waals surface area contributed by atoms with Gasteiger partial charge in [-0.25, -0.2) is 28.6 Å². The van der Waals surface area contributed by atoms with Crippen molar-refractivity contribution in [1.82, 2.24) is 25.0 Å². The van der Waals surface area contributed by atoms with Crippen LogP contribution in [0.5, 0.6) is 5.75 Å². The highest BCUT2D eigenvalue weighted by Crippen LogP contribution is 2.27. The van der Waals surface area contributed by atoms with Crippen LogP contribution in [0.1, 0.15) is 24.3 Å². The highest BCUT2D eigenvalue weighted by Gasteiger charge is 2.22. The van der Waals surface area contributed by atoms with Crippen molar-refractivity contribution >= 4 is 18.0 Å². The third-order valence-corrected chi connectivity index (χ3v) is 4.09. The quantitative estimate of drug-likeness (QED) is 0.584. The van der Waals surface area contributed by atoms with Crippen molar-refractivity contribution in [2.75, 3.05) is 5.32 Å². The third-order valence-electron chi connectivity index (χ3n) is 4.09. The smallest absolute Gasteiger partial charge is 0.413 e. The second kappa shape index (κ2) is 8.69. The Morgan fingerprint density at radius 2 is 2.03 bits per heavy atom. The van der Waals surface area contributed by atoms with E-state index in [1.165, 1.54) is 30.8 Å². The molecule has 0 aromatic carbocycles. The van der Waals surface area contributed by atoms with Gasteiger partial charge in [0.1, 0.15) is 11.9 Å². The number of aromatic nitrogens is 5. The van der Waals surface area contributed by atoms with Gasteiger partial charge in [0, 0.05) is 7.05 Å². The molecule has 0 fully saturated rings. The summed E-state index contributed by atoms with van der Waals surface area (Å²) in [5.41, 5.74) is 5.63. The summed E-state index contributed by atoms with van der Waals surface area (Å²) < 4.78 is 38.3. The number of aryl methyl sites for hydroxylation is 2. The highest BCUT2D eigenvalue weighted by molar-refractivity contribution is 5.88. The summed E-state index contributed by atoms with van der Waals surface area (Å²) >= 11 is 0. The molecule has 3 aromatic rings. The number of carbonyl (C=O) groups excluding carboxylic acids is 2. The number of amides is 2. The van der Waals surface area contributed by atoms with Gasteiger partial charge in [-0.15, -0.1) is 5.10 Å². The van der Waals surface area contributed by atoms with E-state index in [2.05, 4.69) is 25.6 Å². The molecule has 162 valence electrons. The van der Waals surface area contributed by atoms with E-state index in [4.69, 9.17) is 15.2 Å². The number of pyridine rings is 2. The summed E-state index contributed by atoms with van der Waals surface area (Å²) in [5.74, 6) is -1.43. The molecule has 0 spiro atoms. The monoisotopic (exact) mass is 433 g/mol. The van der Waals surface area contributed by atoms with Gasteiger partial charge in [0.05, 0.1) is 23.1 Å². The second-order valence-corrected chi connectivity index (χ2v) is 6.32. The number of carbonyl (C=O) groups is 2. The lowest BCUT2D eigenvalue weighted by Crippen LogP contribution is -2.19. The first kappa shape index (κ1) is 21.5. The molecule has 0 aliphatic heterocycles. The van der Waals surface area contributed by atoms with Crippen LogP contribution in [0.2, 0.25) is 0 Å². The standard InChI is InChI=1S/C18H17F2N7O4/c1-8-13(31-17(21)28)5-4-12(23-8)14-16(27(3)26-25-14)24-18(29)30-9(2)11-6-10(19)7-22-15(11)20/h4-7,9H,1-3H3,(H2,21,28)(H,24,29). The minimum atomic E-state index is -1.13. The van der Waals surface area contributed by atoms with Crippen LogP contribution < -0.4 is 15.8 Å². The summed E-state index contributed by atoms with van der Waals surface area (Å²) in [7, 11) is 1.52. The van der Waals surface area contributed by atoms with E-state index in [0.717, 1.165) is 6.07 Å². The van der Waals surface area contributed by atoms with E-state index in [-0.39, 0.29) is 22.8 Å². The van der Waals surface area contributed by atoms with Gasteiger partial charge >= 0.3 is 12.2 Å². The van der Waals surface area contributed by atoms with Crippen molar-refractivity contribution in [3.05, 3.63) is 47.4 Å². The maximum absolute atomic E-state index is 13.8. The number of nitrogens with two attached hydrogens (primary N) is 1. The van der Waals surface area contributed by atoms with Gasteiger partial charge in [-0.2, -0.15) is 4.39 Å². The van der Waals surface area contributed by atoms with E-state index in [1.54, 1.807) is 6.92 Å². The number of primary amides is 1. The maximum Gasteiger partial charge on any atom is 0.413 e. The molecule has 13 heteroatoms. The van der Waals surface area contributed by atoms with Crippen LogP contribution >= 0.6 is 0 Å². The SMILES string of the molecule is Cc1nc(-c2nnn(C)c2NC(=O)OC(C)c2cc(F)cnc2F)ccc1OC(N)=O. The van der Waals surface area contributed by atoms with Crippen molar-refractivity contribution in [1.29, 1.82) is 0 Å². The Morgan fingerprint density at radius 1 is 1.29 bits per heavy atom. The van der Waals surface area contributed by atoms with E-state index in [1.807, 2.05) is 0 Å². The van der Waals surface area contributed by atoms with E-state index >= 15 is 0 Å². The summed E-state index contributed by atoms with van der Waals surface area (Å²) in [6.45, 7) is 2.95. The Kier molecular flexibility index (Phi) is 6.04. The van der Waals surface area contributed by atoms with Crippen LogP contribution in [0, 0.1) is 18.7 Å². The minimum absolute atomic E-state index is 0.130. The van der Waals surface area contributed by atoms with E-state index < -0.39 is 30.1 Å². The molecule has 1 atom stereocenters. The lowest BCUT2D eigenvalue weighted by atomic mass is 10.2. The maximum atomic E-state index is 13.8. The van der Waals surface area contributed by atoms with Gasteiger partial charge in [-0.3, -0.25) is 5.32 Å². The molecule has 11 nitrogen and oxygen atoms in total. The Bertz CT molecular complexity index is 1150. The Hall–Kier alpha value is -4.16. The summed E-state index contributed by atoms with van der Waals surface area (Å²) in [4.78, 5) is 30.8. The first-order valence-corrected chi connectivity index (χ1v) is 8.79. The fraction of sp³-hybridized carbons (Fsp3) is 0.222. The fourth-order valence-corrected chi connectivity index (χ4v) is 2.64. The van der Waals surface area contributed by atoms with Crippen LogP contribution in [0.3, 0.4) is 0 Å². The predicted molar refractivity (Wildman–Crippen MR) is 102 cm³/mol. The predicted octanol–water partition coefficient (Wildman–Crippen LogP) is 2.63. The van der Waals surface area contributed by atoms with Crippen LogP contribution in [0.15, 0.2) is 24.4 Å². The number of nitrogens with zero attached hydrogens (tertiary/aromatic N) is 5. The van der Waals surface area contributed by atoms with Gasteiger partial charge < -0.3 is 15.2 Å². The van der Waals surface area contributed by atoms with Gasteiger partial charge in [0.15, 0.2) is 17.3 Å². The zero-order valence-electron chi connectivity index (χ0n) is 16.6. The molecule has 3 rings (SSSR count). The Balaban J connectivity index is 1.80. The fourth-order valence-electron chi connectivity index (χ4n) is 2.64. The van der Waals surface area contributed by atoms with Gasteiger partial charge in [-0.05, 0) is 32.0 Å². The number of hydrogen-bond acceptors (Lipinski definition) is 8. The molecule has 0 saturated heterocycles. The molecule has 2 amide bonds. The van der Waals surface area contributed by atoms with E-state index in [9.17, 15) is 18.4 Å². The van der Waals surface area contributed by atoms with E-state index in [0.29, 0.717) is 17.6 Å². The van der Waals surface area contributed by atoms with Crippen molar-refractivity contribution in [2.24, 2.45) is 12.8 Å². The number of nitrogens with one attached hydrogen (secondary N) is 1. The number of ether oxygens (including phenoxy) is 2. The van der Waals surface area contributed by atoms with Crippen LogP contribution in [0.25, 0.3) is 11.4 Å². The Morgan fingerprint density at radius 3 is 2.71 bits per heavy atom. The molecule has 0 radical (unpaired) electrons. The van der Waals surface area contributed by atoms with Crippen LogP contribution in [-0.4, -0.2) is 37.1 Å². The average Bonchev–Trinajstić information content (AvgIpc) is 3.05. The number of anilines is 1. The first-order valence-electron chi connectivity index (χ1n) is 8.79. The summed E-state index contributed by atoms with van der Waals surface area (Å²) in [5, 5.41) is 10.3. The second-order valence-electron chi connectivity index (χ2n) is 6.32. The van der Waals surface area contributed by atoms with Crippen molar-refractivity contribution < 1.29 is 27.8 Å². The van der Waals surface area contributed by atoms with Crippen molar-refractivity contribution in [3.63, 3.8) is 0 Å². The van der Waals surface area contributed by atoms with Gasteiger partial charge in [0.25, 0.3) is 0 Å². The normalized spacial score (nSPS) is 11.6. The average molecular weight is 433 g/mol. The molecule has 1 unspecified atom stereocenters. The van der Waals surface area contributed by atoms with Gasteiger partial charge in [0.2, 0.25) is 5.95 Å². The molecule has 3 N–H and O–H groups in total. The number of halogens is 2. The molecule has 0 aliphatic rings. The Labute approximate surface area is 174 Å². The molecular formula is C18H17F2N7O4. The molecule has 0 bridgehead atoms. The van der Waals surface area contributed by atoms with Crippen molar-refractivity contribution in [2.45, 2.75) is 20.0 Å². The van der Waals surface area contributed by atoms with Crippen LogP contribution in [0.4, 0.5) is 24.2 Å². The molecular weight excluding hydrogens is 416 g/mol. The topological polar surface area (TPSA) is 147 Å². The molecule has 3 aromatic heterocycles. The minimum Gasteiger partial charge on any atom is -0.441 e. The summed E-state index contributed by atoms with van der Waals surface area (Å²) in [6, 6.07) is 3.84. The zero-order chi connectivity index (χ0) is 22.7. The first-order chi connectivity index (χ1) is 14.7. The highest BCUT2D eigenvalue weighted by atomic mass is 19.1. The molecule has 0 saturated carbocycles. The largest absolute Gasteiger partial charge is 0.441 e. The number of hydrogen-bond donors (Lipinski definition) is 2. The summed E-state index contributed by atoms with van der Waals surface area (Å²) in [6.07, 6.45) is -2.36. The lowest BCUT2D eigenvalue weighted by molar-refractivity contribution is 0.118. The van der Waals surface area contributed by atoms with Crippen molar-refractivity contribution in [3.8, 4) is 17.1 Å². The van der Waals surface area contributed by atoms with Gasteiger partial charge in [-0.1, -0.05) is 5.21 Å². The molecule has 31 heavy (non-hydrogen) atoms. The number of rotatable bonds is 5. The van der Waals surface area contributed by atoms with Crippen LogP contribution in [-0.2, 0) is 11.8 Å². The third kappa shape index (κ3) is 4.88. The lowest BCUT2D eigenvalue weighted by Gasteiger charge is -2.15. The molecule has 0 aliphatic carbocycles. The zero-order valence-corrected chi connectivity index (χ0v) is 16.6.